The molecule has 0 aliphatic rings. The highest BCUT2D eigenvalue weighted by atomic mass is 14.3. The van der Waals surface area contributed by atoms with Crippen LogP contribution in [0, 0.1) is 166 Å². The van der Waals surface area contributed by atoms with E-state index in [-0.39, 0.29) is 0 Å². The number of fused-ring (bicyclic) bond motifs is 2. The standard InChI is InChI=1S/C34H42.C22H30/c1-15-17(3)25(11)31-29(21(15)7)23(9)19(5)27(13)33(31)34-28(14)20(6)24(10)30-22(8)16(2)18(4)26(12)32(30)34;1-11-13(3)17(7)21(18(8)14(11)4)22-19(9)15(5)12(2)16(6)20(22)10/h1-14H3;1-10H3. The molecule has 6 rings (SSSR count). The van der Waals surface area contributed by atoms with Gasteiger partial charge in [0.25, 0.3) is 0 Å². The highest BCUT2D eigenvalue weighted by Gasteiger charge is 2.26. The molecule has 56 heavy (non-hydrogen) atoms. The number of hydrogen-bond donors (Lipinski definition) is 0. The van der Waals surface area contributed by atoms with Crippen LogP contribution in [0.2, 0.25) is 0 Å². The van der Waals surface area contributed by atoms with Gasteiger partial charge in [-0.3, -0.25) is 0 Å². The smallest absolute Gasteiger partial charge is 0.00613 e. The Morgan fingerprint density at radius 1 is 0.107 bits per heavy atom. The molecular formula is C56H72. The minimum Gasteiger partial charge on any atom is -0.0447 e. The van der Waals surface area contributed by atoms with Gasteiger partial charge in [0, 0.05) is 0 Å². The normalized spacial score (nSPS) is 11.6. The summed E-state index contributed by atoms with van der Waals surface area (Å²) < 4.78 is 0. The predicted molar refractivity (Wildman–Crippen MR) is 252 cm³/mol. The van der Waals surface area contributed by atoms with E-state index >= 15 is 0 Å². The second-order valence-corrected chi connectivity index (χ2v) is 18.0. The van der Waals surface area contributed by atoms with Crippen LogP contribution >= 0.6 is 0 Å². The molecule has 0 spiro atoms. The lowest BCUT2D eigenvalue weighted by atomic mass is 9.76. The summed E-state index contributed by atoms with van der Waals surface area (Å²) in [4.78, 5) is 0. The maximum atomic E-state index is 2.35. The molecule has 0 nitrogen and oxygen atoms in total. The zero-order valence-corrected chi connectivity index (χ0v) is 40.0. The highest BCUT2D eigenvalue weighted by Crippen LogP contribution is 2.49. The third kappa shape index (κ3) is 6.08. The molecule has 0 saturated carbocycles. The molecule has 0 aliphatic carbocycles. The summed E-state index contributed by atoms with van der Waals surface area (Å²) in [7, 11) is 0. The van der Waals surface area contributed by atoms with Crippen LogP contribution in [-0.4, -0.2) is 0 Å². The van der Waals surface area contributed by atoms with Gasteiger partial charge in [0.2, 0.25) is 0 Å². The molecule has 0 atom stereocenters. The molecule has 6 aromatic rings. The molecule has 0 fully saturated rings. The van der Waals surface area contributed by atoms with Crippen LogP contribution < -0.4 is 0 Å². The summed E-state index contributed by atoms with van der Waals surface area (Å²) in [5.41, 5.74) is 40.3. The first kappa shape index (κ1) is 43.0. The van der Waals surface area contributed by atoms with Crippen LogP contribution in [0.1, 0.15) is 134 Å². The number of rotatable bonds is 2. The fourth-order valence-electron chi connectivity index (χ4n) is 10.2. The molecule has 0 unspecified atom stereocenters. The van der Waals surface area contributed by atoms with Crippen molar-refractivity contribution < 1.29 is 0 Å². The second kappa shape index (κ2) is 15.0. The van der Waals surface area contributed by atoms with Gasteiger partial charge in [-0.25, -0.2) is 0 Å². The first-order valence-corrected chi connectivity index (χ1v) is 21.0. The monoisotopic (exact) mass is 745 g/mol. The average molecular weight is 745 g/mol. The van der Waals surface area contributed by atoms with Crippen molar-refractivity contribution in [2.24, 2.45) is 0 Å². The zero-order valence-electron chi connectivity index (χ0n) is 40.0. The van der Waals surface area contributed by atoms with E-state index in [1.165, 1.54) is 177 Å². The summed E-state index contributed by atoms with van der Waals surface area (Å²) >= 11 is 0. The molecule has 0 N–H and O–H groups in total. The number of benzene rings is 6. The number of hydrogen-bond acceptors (Lipinski definition) is 0. The van der Waals surface area contributed by atoms with Gasteiger partial charge in [0.15, 0.2) is 0 Å². The summed E-state index contributed by atoms with van der Waals surface area (Å²) in [5.74, 6) is 0. The van der Waals surface area contributed by atoms with Gasteiger partial charge in [-0.2, -0.15) is 0 Å². The van der Waals surface area contributed by atoms with Crippen LogP contribution in [0.5, 0.6) is 0 Å². The Labute approximate surface area is 342 Å². The lowest BCUT2D eigenvalue weighted by molar-refractivity contribution is 1.14. The van der Waals surface area contributed by atoms with Gasteiger partial charge in [0.05, 0.1) is 0 Å². The van der Waals surface area contributed by atoms with Crippen molar-refractivity contribution in [3.63, 3.8) is 0 Å². The van der Waals surface area contributed by atoms with E-state index in [9.17, 15) is 0 Å². The molecule has 0 heterocycles. The first-order chi connectivity index (χ1) is 25.9. The van der Waals surface area contributed by atoms with Crippen LogP contribution in [0.25, 0.3) is 43.8 Å². The van der Waals surface area contributed by atoms with Crippen molar-refractivity contribution in [3.05, 3.63) is 134 Å². The van der Waals surface area contributed by atoms with Crippen molar-refractivity contribution in [3.8, 4) is 22.3 Å². The topological polar surface area (TPSA) is 0 Å². The third-order valence-corrected chi connectivity index (χ3v) is 16.1. The molecule has 0 amide bonds. The molecule has 0 bridgehead atoms. The molecule has 0 heteroatoms. The molecule has 0 radical (unpaired) electrons. The maximum absolute atomic E-state index is 2.35. The van der Waals surface area contributed by atoms with Crippen LogP contribution in [0.15, 0.2) is 0 Å². The SMILES string of the molecule is Cc1c(C)c(C)c(-c2c(C)c(C)c(C)c(C)c2C)c(C)c1C.Cc1c(C)c(C)c2c(-c3c(C)c(C)c(C)c4c(C)c(C)c(C)c(C)c34)c(C)c(C)c(C)c2c1C. The molecule has 6 aromatic carbocycles. The van der Waals surface area contributed by atoms with Gasteiger partial charge < -0.3 is 0 Å². The Kier molecular flexibility index (Phi) is 11.5. The zero-order chi connectivity index (χ0) is 42.5. The first-order valence-electron chi connectivity index (χ1n) is 21.0. The maximum Gasteiger partial charge on any atom is -0.00613 e. The van der Waals surface area contributed by atoms with Crippen molar-refractivity contribution in [1.29, 1.82) is 0 Å². The van der Waals surface area contributed by atoms with Gasteiger partial charge in [-0.1, -0.05) is 0 Å². The summed E-state index contributed by atoms with van der Waals surface area (Å²) in [6.45, 7) is 55.2. The van der Waals surface area contributed by atoms with E-state index in [1.54, 1.807) is 0 Å². The van der Waals surface area contributed by atoms with E-state index in [2.05, 4.69) is 166 Å². The highest BCUT2D eigenvalue weighted by molar-refractivity contribution is 6.14. The van der Waals surface area contributed by atoms with E-state index in [1.807, 2.05) is 0 Å². The van der Waals surface area contributed by atoms with Crippen LogP contribution in [0.4, 0.5) is 0 Å². The fraction of sp³-hybridized carbons (Fsp3) is 0.429. The Hall–Kier alpha value is -4.16. The largest absolute Gasteiger partial charge is 0.0447 e. The van der Waals surface area contributed by atoms with E-state index in [0.29, 0.717) is 0 Å². The Bertz CT molecular complexity index is 2420. The van der Waals surface area contributed by atoms with Gasteiger partial charge in [0.1, 0.15) is 0 Å². The molecule has 0 aromatic heterocycles. The predicted octanol–water partition coefficient (Wildman–Crippen LogP) is 16.4. The van der Waals surface area contributed by atoms with Crippen LogP contribution in [0.3, 0.4) is 0 Å². The van der Waals surface area contributed by atoms with Crippen molar-refractivity contribution in [2.75, 3.05) is 0 Å². The molecule has 296 valence electrons. The lowest BCUT2D eigenvalue weighted by Crippen LogP contribution is -2.06. The minimum atomic E-state index is 1.43. The third-order valence-electron chi connectivity index (χ3n) is 16.1. The van der Waals surface area contributed by atoms with E-state index in [4.69, 9.17) is 0 Å². The average Bonchev–Trinajstić information content (AvgIpc) is 3.17. The fourth-order valence-corrected chi connectivity index (χ4v) is 10.2. The van der Waals surface area contributed by atoms with Crippen LogP contribution in [-0.2, 0) is 0 Å². The van der Waals surface area contributed by atoms with Gasteiger partial charge in [-0.05, 0) is 343 Å². The lowest BCUT2D eigenvalue weighted by Gasteiger charge is -2.28. The minimum absolute atomic E-state index is 1.43. The Morgan fingerprint density at radius 3 is 0.446 bits per heavy atom. The second-order valence-electron chi connectivity index (χ2n) is 18.0. The van der Waals surface area contributed by atoms with Gasteiger partial charge >= 0.3 is 0 Å². The summed E-state index contributed by atoms with van der Waals surface area (Å²) in [6, 6.07) is 0. The molecule has 0 saturated heterocycles. The Balaban J connectivity index is 0.000000236. The van der Waals surface area contributed by atoms with Crippen molar-refractivity contribution in [1.82, 2.24) is 0 Å². The summed E-state index contributed by atoms with van der Waals surface area (Å²) in [5, 5.41) is 5.85. The van der Waals surface area contributed by atoms with Crippen molar-refractivity contribution in [2.45, 2.75) is 166 Å². The Morgan fingerprint density at radius 2 is 0.232 bits per heavy atom. The van der Waals surface area contributed by atoms with E-state index in [0.717, 1.165) is 0 Å². The van der Waals surface area contributed by atoms with Gasteiger partial charge in [-0.15, -0.1) is 0 Å². The summed E-state index contributed by atoms with van der Waals surface area (Å²) in [6.07, 6.45) is 0. The van der Waals surface area contributed by atoms with Crippen molar-refractivity contribution >= 4 is 21.5 Å². The van der Waals surface area contributed by atoms with E-state index < -0.39 is 0 Å². The number of aryl methyl sites for hydroxylation is 6. The molecular weight excluding hydrogens is 673 g/mol. The quantitative estimate of drug-likeness (QED) is 0.166. The molecule has 0 aliphatic heterocycles.